The molecule has 2 aliphatic heterocycles. The van der Waals surface area contributed by atoms with Gasteiger partial charge in [-0.3, -0.25) is 9.69 Å². The fourth-order valence-corrected chi connectivity index (χ4v) is 3.65. The standard InChI is InChI=1S/C16H31N3O/c1-3-15-6-4-5-10-19(15)11-9-18-16(20)14-7-8-17-13(2)12-14/h13-15,17H,3-12H2,1-2H3,(H,18,20)/t13-,14-,15?/m0/s1. The summed E-state index contributed by atoms with van der Waals surface area (Å²) in [5.41, 5.74) is 0. The van der Waals surface area contributed by atoms with Crippen molar-refractivity contribution in [1.82, 2.24) is 15.5 Å². The molecule has 0 aliphatic carbocycles. The third-order valence-electron chi connectivity index (χ3n) is 4.91. The second-order valence-corrected chi connectivity index (χ2v) is 6.46. The van der Waals surface area contributed by atoms with E-state index >= 15 is 0 Å². The van der Waals surface area contributed by atoms with Gasteiger partial charge in [-0.15, -0.1) is 0 Å². The lowest BCUT2D eigenvalue weighted by atomic mass is 9.92. The minimum absolute atomic E-state index is 0.217. The summed E-state index contributed by atoms with van der Waals surface area (Å²) < 4.78 is 0. The molecule has 1 unspecified atom stereocenters. The van der Waals surface area contributed by atoms with Crippen LogP contribution in [0.5, 0.6) is 0 Å². The Kier molecular flexibility index (Phi) is 6.30. The molecule has 4 nitrogen and oxygen atoms in total. The number of hydrogen-bond acceptors (Lipinski definition) is 3. The maximum atomic E-state index is 12.2. The monoisotopic (exact) mass is 281 g/mol. The predicted molar refractivity (Wildman–Crippen MR) is 82.7 cm³/mol. The van der Waals surface area contributed by atoms with Gasteiger partial charge in [0.05, 0.1) is 0 Å². The van der Waals surface area contributed by atoms with E-state index in [2.05, 4.69) is 29.4 Å². The van der Waals surface area contributed by atoms with E-state index in [9.17, 15) is 4.79 Å². The van der Waals surface area contributed by atoms with Crippen molar-refractivity contribution in [2.24, 2.45) is 5.92 Å². The first kappa shape index (κ1) is 15.8. The van der Waals surface area contributed by atoms with Crippen LogP contribution in [0, 0.1) is 5.92 Å². The van der Waals surface area contributed by atoms with Crippen LogP contribution in [-0.2, 0) is 4.79 Å². The van der Waals surface area contributed by atoms with Crippen molar-refractivity contribution in [1.29, 1.82) is 0 Å². The molecule has 1 amide bonds. The number of hydrogen-bond donors (Lipinski definition) is 2. The largest absolute Gasteiger partial charge is 0.355 e. The van der Waals surface area contributed by atoms with Gasteiger partial charge in [-0.1, -0.05) is 13.3 Å². The molecule has 0 spiro atoms. The summed E-state index contributed by atoms with van der Waals surface area (Å²) in [4.78, 5) is 14.7. The molecule has 2 fully saturated rings. The van der Waals surface area contributed by atoms with Crippen LogP contribution in [0.4, 0.5) is 0 Å². The summed E-state index contributed by atoms with van der Waals surface area (Å²) in [5.74, 6) is 0.484. The first-order valence-corrected chi connectivity index (χ1v) is 8.45. The molecule has 2 N–H and O–H groups in total. The van der Waals surface area contributed by atoms with Crippen LogP contribution in [0.3, 0.4) is 0 Å². The molecule has 20 heavy (non-hydrogen) atoms. The molecule has 2 saturated heterocycles. The smallest absolute Gasteiger partial charge is 0.223 e. The zero-order valence-corrected chi connectivity index (χ0v) is 13.2. The lowest BCUT2D eigenvalue weighted by molar-refractivity contribution is -0.126. The van der Waals surface area contributed by atoms with Crippen LogP contribution < -0.4 is 10.6 Å². The number of amides is 1. The summed E-state index contributed by atoms with van der Waals surface area (Å²) in [6, 6.07) is 1.21. The Labute approximate surface area is 123 Å². The molecule has 0 bridgehead atoms. The Morgan fingerprint density at radius 2 is 2.20 bits per heavy atom. The zero-order chi connectivity index (χ0) is 14.4. The molecule has 0 radical (unpaired) electrons. The molecular formula is C16H31N3O. The number of carbonyl (C=O) groups is 1. The Bertz CT molecular complexity index is 308. The van der Waals surface area contributed by atoms with Gasteiger partial charge < -0.3 is 10.6 Å². The van der Waals surface area contributed by atoms with Crippen molar-refractivity contribution in [3.8, 4) is 0 Å². The SMILES string of the molecule is CCC1CCCCN1CCNC(=O)[C@H]1CCN[C@@H](C)C1. The molecule has 0 saturated carbocycles. The van der Waals surface area contributed by atoms with E-state index in [4.69, 9.17) is 0 Å². The molecule has 3 atom stereocenters. The van der Waals surface area contributed by atoms with Crippen molar-refractivity contribution in [3.63, 3.8) is 0 Å². The lowest BCUT2D eigenvalue weighted by Crippen LogP contribution is -2.46. The second-order valence-electron chi connectivity index (χ2n) is 6.46. The minimum Gasteiger partial charge on any atom is -0.355 e. The Hall–Kier alpha value is -0.610. The summed E-state index contributed by atoms with van der Waals surface area (Å²) >= 11 is 0. The Morgan fingerprint density at radius 1 is 1.35 bits per heavy atom. The van der Waals surface area contributed by atoms with Gasteiger partial charge in [-0.25, -0.2) is 0 Å². The van der Waals surface area contributed by atoms with E-state index in [1.807, 2.05) is 0 Å². The van der Waals surface area contributed by atoms with Crippen molar-refractivity contribution in [2.45, 2.75) is 64.5 Å². The van der Waals surface area contributed by atoms with Crippen LogP contribution in [0.1, 0.15) is 52.4 Å². The van der Waals surface area contributed by atoms with E-state index in [-0.39, 0.29) is 11.8 Å². The maximum absolute atomic E-state index is 12.2. The Balaban J connectivity index is 1.68. The number of rotatable bonds is 5. The molecular weight excluding hydrogens is 250 g/mol. The lowest BCUT2D eigenvalue weighted by Gasteiger charge is -2.35. The highest BCUT2D eigenvalue weighted by Crippen LogP contribution is 2.19. The molecule has 116 valence electrons. The highest BCUT2D eigenvalue weighted by Gasteiger charge is 2.25. The van der Waals surface area contributed by atoms with Crippen molar-refractivity contribution in [2.75, 3.05) is 26.2 Å². The number of carbonyl (C=O) groups excluding carboxylic acids is 1. The average Bonchev–Trinajstić information content (AvgIpc) is 2.47. The van der Waals surface area contributed by atoms with Crippen molar-refractivity contribution < 1.29 is 4.79 Å². The molecule has 2 rings (SSSR count). The third kappa shape index (κ3) is 4.45. The van der Waals surface area contributed by atoms with Gasteiger partial charge in [0.2, 0.25) is 5.91 Å². The highest BCUT2D eigenvalue weighted by atomic mass is 16.1. The van der Waals surface area contributed by atoms with Gasteiger partial charge in [0.1, 0.15) is 0 Å². The van der Waals surface area contributed by atoms with E-state index < -0.39 is 0 Å². The number of nitrogens with zero attached hydrogens (tertiary/aromatic N) is 1. The van der Waals surface area contributed by atoms with E-state index in [1.54, 1.807) is 0 Å². The maximum Gasteiger partial charge on any atom is 0.223 e. The second kappa shape index (κ2) is 7.99. The average molecular weight is 281 g/mol. The number of nitrogens with one attached hydrogen (secondary N) is 2. The van der Waals surface area contributed by atoms with Crippen LogP contribution >= 0.6 is 0 Å². The Morgan fingerprint density at radius 3 is 2.95 bits per heavy atom. The van der Waals surface area contributed by atoms with Gasteiger partial charge in [-0.2, -0.15) is 0 Å². The van der Waals surface area contributed by atoms with Crippen LogP contribution in [0.2, 0.25) is 0 Å². The normalized spacial score (nSPS) is 32.0. The summed E-state index contributed by atoms with van der Waals surface area (Å²) in [6.07, 6.45) is 7.21. The number of likely N-dealkylation sites (tertiary alicyclic amines) is 1. The van der Waals surface area contributed by atoms with Gasteiger partial charge in [0.15, 0.2) is 0 Å². The highest BCUT2D eigenvalue weighted by molar-refractivity contribution is 5.78. The molecule has 0 aromatic carbocycles. The molecule has 4 heteroatoms. The quantitative estimate of drug-likeness (QED) is 0.807. The number of piperidine rings is 2. The van der Waals surface area contributed by atoms with E-state index in [1.165, 1.54) is 32.2 Å². The molecule has 2 heterocycles. The first-order chi connectivity index (χ1) is 9.70. The van der Waals surface area contributed by atoms with E-state index in [0.29, 0.717) is 6.04 Å². The van der Waals surface area contributed by atoms with Gasteiger partial charge >= 0.3 is 0 Å². The summed E-state index contributed by atoms with van der Waals surface area (Å²) in [5, 5.41) is 6.56. The summed E-state index contributed by atoms with van der Waals surface area (Å²) in [6.45, 7) is 8.46. The van der Waals surface area contributed by atoms with Crippen LogP contribution in [0.15, 0.2) is 0 Å². The molecule has 0 aromatic rings. The van der Waals surface area contributed by atoms with Gasteiger partial charge in [-0.05, 0) is 52.1 Å². The van der Waals surface area contributed by atoms with E-state index in [0.717, 1.165) is 38.5 Å². The minimum atomic E-state index is 0.217. The van der Waals surface area contributed by atoms with Crippen LogP contribution in [0.25, 0.3) is 0 Å². The summed E-state index contributed by atoms with van der Waals surface area (Å²) in [7, 11) is 0. The third-order valence-corrected chi connectivity index (χ3v) is 4.91. The van der Waals surface area contributed by atoms with Crippen molar-refractivity contribution >= 4 is 5.91 Å². The zero-order valence-electron chi connectivity index (χ0n) is 13.2. The first-order valence-electron chi connectivity index (χ1n) is 8.45. The van der Waals surface area contributed by atoms with Crippen molar-refractivity contribution in [3.05, 3.63) is 0 Å². The fourth-order valence-electron chi connectivity index (χ4n) is 3.65. The molecule has 0 aromatic heterocycles. The molecule has 2 aliphatic rings. The predicted octanol–water partition coefficient (Wildman–Crippen LogP) is 1.76. The van der Waals surface area contributed by atoms with Gasteiger partial charge in [0, 0.05) is 31.1 Å². The fraction of sp³-hybridized carbons (Fsp3) is 0.938. The topological polar surface area (TPSA) is 44.4 Å². The van der Waals surface area contributed by atoms with Crippen LogP contribution in [-0.4, -0.2) is 49.1 Å². The van der Waals surface area contributed by atoms with Gasteiger partial charge in [0.25, 0.3) is 0 Å².